The van der Waals surface area contributed by atoms with Gasteiger partial charge in [0, 0.05) is 10.4 Å². The second-order valence-corrected chi connectivity index (χ2v) is 9.08. The van der Waals surface area contributed by atoms with Crippen molar-refractivity contribution in [1.82, 2.24) is 0 Å². The Morgan fingerprint density at radius 3 is 2.50 bits per heavy atom. The normalized spacial score (nSPS) is 11.2. The number of para-hydroxylation sites is 1. The molecule has 0 aliphatic heterocycles. The fraction of sp³-hybridized carbons (Fsp3) is 0.0455. The van der Waals surface area contributed by atoms with Crippen LogP contribution in [0.25, 0.3) is 10.1 Å². The molecule has 0 bridgehead atoms. The molecule has 3 aromatic carbocycles. The molecule has 4 rings (SSSR count). The van der Waals surface area contributed by atoms with Crippen LogP contribution in [0.1, 0.15) is 10.4 Å². The van der Waals surface area contributed by atoms with E-state index in [0.29, 0.717) is 11.4 Å². The maximum Gasteiger partial charge on any atom is 0.261 e. The molecule has 0 spiro atoms. The minimum Gasteiger partial charge on any atom is -0.497 e. The highest BCUT2D eigenvalue weighted by Gasteiger charge is 2.19. The van der Waals surface area contributed by atoms with E-state index in [2.05, 4.69) is 10.0 Å². The SMILES string of the molecule is COc1ccc(S(=O)(=O)Nc2ccccc2C(=O)Nc2ccc3sccc3c2)cc1. The van der Waals surface area contributed by atoms with Crippen molar-refractivity contribution in [1.29, 1.82) is 0 Å². The first-order valence-corrected chi connectivity index (χ1v) is 11.4. The zero-order chi connectivity index (χ0) is 21.1. The number of rotatable bonds is 6. The number of fused-ring (bicyclic) bond motifs is 1. The largest absolute Gasteiger partial charge is 0.497 e. The Labute approximate surface area is 178 Å². The molecule has 0 fully saturated rings. The smallest absolute Gasteiger partial charge is 0.261 e. The number of hydrogen-bond acceptors (Lipinski definition) is 5. The Balaban J connectivity index is 1.58. The number of amides is 1. The average Bonchev–Trinajstić information content (AvgIpc) is 3.22. The van der Waals surface area contributed by atoms with Crippen LogP contribution in [-0.4, -0.2) is 21.4 Å². The Hall–Kier alpha value is -3.36. The van der Waals surface area contributed by atoms with E-state index in [0.717, 1.165) is 10.1 Å². The van der Waals surface area contributed by atoms with Gasteiger partial charge in [0.25, 0.3) is 15.9 Å². The molecule has 0 unspecified atom stereocenters. The summed E-state index contributed by atoms with van der Waals surface area (Å²) in [7, 11) is -2.37. The van der Waals surface area contributed by atoms with Crippen molar-refractivity contribution >= 4 is 48.7 Å². The van der Waals surface area contributed by atoms with E-state index in [-0.39, 0.29) is 16.1 Å². The van der Waals surface area contributed by atoms with Gasteiger partial charge in [-0.25, -0.2) is 8.42 Å². The summed E-state index contributed by atoms with van der Waals surface area (Å²) in [5, 5.41) is 5.85. The van der Waals surface area contributed by atoms with Crippen molar-refractivity contribution in [2.45, 2.75) is 4.90 Å². The number of carbonyl (C=O) groups is 1. The number of carbonyl (C=O) groups excluding carboxylic acids is 1. The summed E-state index contributed by atoms with van der Waals surface area (Å²) in [4.78, 5) is 12.9. The van der Waals surface area contributed by atoms with Gasteiger partial charge in [0.2, 0.25) is 0 Å². The van der Waals surface area contributed by atoms with Gasteiger partial charge in [0.05, 0.1) is 23.3 Å². The van der Waals surface area contributed by atoms with Gasteiger partial charge in [-0.3, -0.25) is 9.52 Å². The van der Waals surface area contributed by atoms with E-state index >= 15 is 0 Å². The number of hydrogen-bond donors (Lipinski definition) is 2. The van der Waals surface area contributed by atoms with Crippen LogP contribution in [0.4, 0.5) is 11.4 Å². The topological polar surface area (TPSA) is 84.5 Å². The molecule has 1 heterocycles. The summed E-state index contributed by atoms with van der Waals surface area (Å²) in [6, 6.07) is 20.1. The third-order valence-corrected chi connectivity index (χ3v) is 6.78. The third kappa shape index (κ3) is 4.14. The van der Waals surface area contributed by atoms with Crippen molar-refractivity contribution in [2.75, 3.05) is 17.1 Å². The summed E-state index contributed by atoms with van der Waals surface area (Å²) in [6.07, 6.45) is 0. The standard InChI is InChI=1S/C22H18N2O4S2/c1-28-17-7-9-18(10-8-17)30(26,27)24-20-5-3-2-4-19(20)22(25)23-16-6-11-21-15(14-16)12-13-29-21/h2-14,24H,1H3,(H,23,25). The number of nitrogens with one attached hydrogen (secondary N) is 2. The van der Waals surface area contributed by atoms with Crippen LogP contribution in [-0.2, 0) is 10.0 Å². The van der Waals surface area contributed by atoms with Gasteiger partial charge in [0.15, 0.2) is 0 Å². The number of sulfonamides is 1. The zero-order valence-electron chi connectivity index (χ0n) is 16.0. The highest BCUT2D eigenvalue weighted by molar-refractivity contribution is 7.92. The van der Waals surface area contributed by atoms with Crippen LogP contribution in [0.15, 0.2) is 83.1 Å². The van der Waals surface area contributed by atoms with Crippen LogP contribution in [0.5, 0.6) is 5.75 Å². The van der Waals surface area contributed by atoms with Crippen LogP contribution < -0.4 is 14.8 Å². The molecule has 0 saturated heterocycles. The van der Waals surface area contributed by atoms with E-state index < -0.39 is 15.9 Å². The molecule has 4 aromatic rings. The monoisotopic (exact) mass is 438 g/mol. The Morgan fingerprint density at radius 1 is 0.967 bits per heavy atom. The maximum atomic E-state index is 12.9. The number of benzene rings is 3. The minimum atomic E-state index is -3.87. The number of anilines is 2. The molecular weight excluding hydrogens is 420 g/mol. The van der Waals surface area contributed by atoms with Crippen LogP contribution in [0.3, 0.4) is 0 Å². The predicted molar refractivity (Wildman–Crippen MR) is 120 cm³/mol. The van der Waals surface area contributed by atoms with Crippen molar-refractivity contribution in [2.24, 2.45) is 0 Å². The zero-order valence-corrected chi connectivity index (χ0v) is 17.6. The Bertz CT molecular complexity index is 1310. The average molecular weight is 439 g/mol. The maximum absolute atomic E-state index is 12.9. The van der Waals surface area contributed by atoms with E-state index in [9.17, 15) is 13.2 Å². The molecule has 8 heteroatoms. The molecule has 1 amide bonds. The van der Waals surface area contributed by atoms with E-state index in [1.807, 2.05) is 29.6 Å². The molecule has 0 atom stereocenters. The summed E-state index contributed by atoms with van der Waals surface area (Å²) < 4.78 is 34.2. The van der Waals surface area contributed by atoms with Crippen molar-refractivity contribution < 1.29 is 17.9 Å². The quantitative estimate of drug-likeness (QED) is 0.445. The van der Waals surface area contributed by atoms with Gasteiger partial charge in [-0.2, -0.15) is 0 Å². The molecule has 152 valence electrons. The van der Waals surface area contributed by atoms with E-state index in [1.165, 1.54) is 19.2 Å². The van der Waals surface area contributed by atoms with Gasteiger partial charge >= 0.3 is 0 Å². The summed E-state index contributed by atoms with van der Waals surface area (Å²) in [6.45, 7) is 0. The lowest BCUT2D eigenvalue weighted by molar-refractivity contribution is 0.102. The van der Waals surface area contributed by atoms with Gasteiger partial charge < -0.3 is 10.1 Å². The number of methoxy groups -OCH3 is 1. The van der Waals surface area contributed by atoms with Gasteiger partial charge in [-0.15, -0.1) is 11.3 Å². The molecule has 0 saturated carbocycles. The number of ether oxygens (including phenoxy) is 1. The lowest BCUT2D eigenvalue weighted by Crippen LogP contribution is -2.18. The molecular formula is C22H18N2O4S2. The fourth-order valence-corrected chi connectivity index (χ4v) is 4.82. The first-order chi connectivity index (χ1) is 14.5. The van der Waals surface area contributed by atoms with Gasteiger partial charge in [0.1, 0.15) is 5.75 Å². The minimum absolute atomic E-state index is 0.0708. The lowest BCUT2D eigenvalue weighted by atomic mass is 10.1. The highest BCUT2D eigenvalue weighted by Crippen LogP contribution is 2.26. The van der Waals surface area contributed by atoms with Gasteiger partial charge in [-0.1, -0.05) is 12.1 Å². The van der Waals surface area contributed by atoms with Crippen molar-refractivity contribution in [3.63, 3.8) is 0 Å². The first kappa shape index (κ1) is 19.9. The van der Waals surface area contributed by atoms with Crippen LogP contribution in [0, 0.1) is 0 Å². The summed E-state index contributed by atoms with van der Waals surface area (Å²) in [5.41, 5.74) is 1.06. The number of thiophene rings is 1. The van der Waals surface area contributed by atoms with Crippen molar-refractivity contribution in [3.05, 3.63) is 83.7 Å². The third-order valence-electron chi connectivity index (χ3n) is 4.50. The Kier molecular flexibility index (Phi) is 5.43. The first-order valence-electron chi connectivity index (χ1n) is 9.01. The second kappa shape index (κ2) is 8.17. The summed E-state index contributed by atoms with van der Waals surface area (Å²) >= 11 is 1.62. The molecule has 0 aliphatic rings. The van der Waals surface area contributed by atoms with Crippen LogP contribution >= 0.6 is 11.3 Å². The molecule has 2 N–H and O–H groups in total. The molecule has 1 aromatic heterocycles. The second-order valence-electron chi connectivity index (χ2n) is 6.45. The van der Waals surface area contributed by atoms with Crippen molar-refractivity contribution in [3.8, 4) is 5.75 Å². The molecule has 0 radical (unpaired) electrons. The van der Waals surface area contributed by atoms with Gasteiger partial charge in [-0.05, 0) is 71.4 Å². The van der Waals surface area contributed by atoms with Crippen LogP contribution in [0.2, 0.25) is 0 Å². The molecule has 6 nitrogen and oxygen atoms in total. The lowest BCUT2D eigenvalue weighted by Gasteiger charge is -2.13. The van der Waals surface area contributed by atoms with E-state index in [1.54, 1.807) is 47.7 Å². The predicted octanol–water partition coefficient (Wildman–Crippen LogP) is 4.96. The van der Waals surface area contributed by atoms with E-state index in [4.69, 9.17) is 4.74 Å². The summed E-state index contributed by atoms with van der Waals surface area (Å²) in [5.74, 6) is 0.147. The highest BCUT2D eigenvalue weighted by atomic mass is 32.2. The fourth-order valence-electron chi connectivity index (χ4n) is 2.97. The Morgan fingerprint density at radius 2 is 1.73 bits per heavy atom. The molecule has 0 aliphatic carbocycles. The molecule has 30 heavy (non-hydrogen) atoms.